The van der Waals surface area contributed by atoms with Gasteiger partial charge >= 0.3 is 0 Å². The fourth-order valence-electron chi connectivity index (χ4n) is 1.65. The fourth-order valence-corrected chi connectivity index (χ4v) is 1.86. The van der Waals surface area contributed by atoms with Gasteiger partial charge in [0.2, 0.25) is 0 Å². The molecule has 0 aliphatic heterocycles. The number of aromatic nitrogens is 1. The summed E-state index contributed by atoms with van der Waals surface area (Å²) in [6, 6.07) is 7.40. The van der Waals surface area contributed by atoms with E-state index >= 15 is 0 Å². The second-order valence-corrected chi connectivity index (χ2v) is 3.87. The van der Waals surface area contributed by atoms with E-state index in [1.165, 1.54) is 0 Å². The van der Waals surface area contributed by atoms with Gasteiger partial charge in [-0.25, -0.2) is 0 Å². The first-order valence-electron chi connectivity index (χ1n) is 4.95. The Morgan fingerprint density at radius 1 is 1.40 bits per heavy atom. The molecule has 2 nitrogen and oxygen atoms in total. The summed E-state index contributed by atoms with van der Waals surface area (Å²) in [5.41, 5.74) is 1.64. The molecule has 0 aliphatic rings. The third-order valence-corrected chi connectivity index (χ3v) is 2.82. The fraction of sp³-hybridized carbons (Fsp3) is 0.250. The molecule has 1 unspecified atom stereocenters. The molecule has 0 fully saturated rings. The summed E-state index contributed by atoms with van der Waals surface area (Å²) in [7, 11) is 0. The van der Waals surface area contributed by atoms with E-state index in [4.69, 9.17) is 11.6 Å². The molecule has 0 amide bonds. The zero-order valence-corrected chi connectivity index (χ0v) is 9.20. The van der Waals surface area contributed by atoms with E-state index in [2.05, 4.69) is 4.98 Å². The Balaban J connectivity index is 2.71. The standard InChI is InChI=1S/C12H12ClNO/c1-2-11(15)9-5-6-10(13)8-4-3-7-14-12(8)9/h3-7,11,15H,2H2,1H3. The number of aliphatic hydroxyl groups excluding tert-OH is 1. The lowest BCUT2D eigenvalue weighted by Crippen LogP contribution is -1.97. The molecule has 2 rings (SSSR count). The van der Waals surface area contributed by atoms with Crippen LogP contribution in [0.25, 0.3) is 10.9 Å². The highest BCUT2D eigenvalue weighted by molar-refractivity contribution is 6.35. The number of nitrogens with zero attached hydrogens (tertiary/aromatic N) is 1. The average Bonchev–Trinajstić information content (AvgIpc) is 2.29. The largest absolute Gasteiger partial charge is 0.388 e. The molecule has 78 valence electrons. The van der Waals surface area contributed by atoms with Crippen LogP contribution in [0.3, 0.4) is 0 Å². The Labute approximate surface area is 93.5 Å². The van der Waals surface area contributed by atoms with Crippen LogP contribution in [0.5, 0.6) is 0 Å². The predicted octanol–water partition coefficient (Wildman–Crippen LogP) is 3.33. The van der Waals surface area contributed by atoms with E-state index in [1.54, 1.807) is 12.3 Å². The second kappa shape index (κ2) is 4.17. The van der Waals surface area contributed by atoms with E-state index in [1.807, 2.05) is 25.1 Å². The number of pyridine rings is 1. The zero-order valence-electron chi connectivity index (χ0n) is 8.44. The summed E-state index contributed by atoms with van der Waals surface area (Å²) >= 11 is 6.06. The van der Waals surface area contributed by atoms with Gasteiger partial charge in [0.15, 0.2) is 0 Å². The first-order valence-corrected chi connectivity index (χ1v) is 5.33. The van der Waals surface area contributed by atoms with Crippen LogP contribution in [0, 0.1) is 0 Å². The number of aliphatic hydroxyl groups is 1. The summed E-state index contributed by atoms with van der Waals surface area (Å²) in [6.07, 6.45) is 1.91. The quantitative estimate of drug-likeness (QED) is 0.844. The third-order valence-electron chi connectivity index (χ3n) is 2.49. The Hall–Kier alpha value is -1.12. The number of hydrogen-bond donors (Lipinski definition) is 1. The Morgan fingerprint density at radius 3 is 2.93 bits per heavy atom. The van der Waals surface area contributed by atoms with E-state index in [0.717, 1.165) is 16.5 Å². The number of benzene rings is 1. The van der Waals surface area contributed by atoms with Crippen LogP contribution in [-0.2, 0) is 0 Å². The molecular formula is C12H12ClNO. The maximum atomic E-state index is 9.84. The van der Waals surface area contributed by atoms with Crippen LogP contribution in [0.1, 0.15) is 25.0 Å². The van der Waals surface area contributed by atoms with E-state index in [9.17, 15) is 5.11 Å². The van der Waals surface area contributed by atoms with Crippen LogP contribution in [0.2, 0.25) is 5.02 Å². The molecule has 0 bridgehead atoms. The highest BCUT2D eigenvalue weighted by atomic mass is 35.5. The van der Waals surface area contributed by atoms with Gasteiger partial charge in [0.25, 0.3) is 0 Å². The van der Waals surface area contributed by atoms with Crippen molar-refractivity contribution in [3.63, 3.8) is 0 Å². The highest BCUT2D eigenvalue weighted by Gasteiger charge is 2.11. The lowest BCUT2D eigenvalue weighted by atomic mass is 10.0. The minimum absolute atomic E-state index is 0.473. The summed E-state index contributed by atoms with van der Waals surface area (Å²) < 4.78 is 0. The van der Waals surface area contributed by atoms with E-state index in [0.29, 0.717) is 11.4 Å². The molecule has 0 saturated heterocycles. The Bertz CT molecular complexity index is 484. The van der Waals surface area contributed by atoms with Crippen LogP contribution < -0.4 is 0 Å². The molecular weight excluding hydrogens is 210 g/mol. The van der Waals surface area contributed by atoms with Crippen molar-refractivity contribution >= 4 is 22.5 Å². The minimum atomic E-state index is -0.473. The first kappa shape index (κ1) is 10.4. The summed E-state index contributed by atoms with van der Waals surface area (Å²) in [4.78, 5) is 4.27. The first-order chi connectivity index (χ1) is 7.24. The van der Waals surface area contributed by atoms with Crippen molar-refractivity contribution < 1.29 is 5.11 Å². The monoisotopic (exact) mass is 221 g/mol. The smallest absolute Gasteiger partial charge is 0.0808 e. The molecule has 15 heavy (non-hydrogen) atoms. The van der Waals surface area contributed by atoms with Crippen molar-refractivity contribution in [1.82, 2.24) is 4.98 Å². The lowest BCUT2D eigenvalue weighted by Gasteiger charge is -2.11. The van der Waals surface area contributed by atoms with Crippen LogP contribution in [0.15, 0.2) is 30.5 Å². The maximum Gasteiger partial charge on any atom is 0.0808 e. The lowest BCUT2D eigenvalue weighted by molar-refractivity contribution is 0.175. The van der Waals surface area contributed by atoms with E-state index < -0.39 is 6.10 Å². The number of fused-ring (bicyclic) bond motifs is 1. The molecule has 0 spiro atoms. The molecule has 1 heterocycles. The van der Waals surface area contributed by atoms with Gasteiger partial charge in [-0.3, -0.25) is 4.98 Å². The average molecular weight is 222 g/mol. The molecule has 1 aromatic carbocycles. The molecule has 1 N–H and O–H groups in total. The Kier molecular flexibility index (Phi) is 2.89. The van der Waals surface area contributed by atoms with Gasteiger partial charge in [0.05, 0.1) is 11.6 Å². The van der Waals surface area contributed by atoms with Gasteiger partial charge in [-0.1, -0.05) is 24.6 Å². The molecule has 2 aromatic rings. The topological polar surface area (TPSA) is 33.1 Å². The van der Waals surface area contributed by atoms with Crippen molar-refractivity contribution in [3.8, 4) is 0 Å². The second-order valence-electron chi connectivity index (χ2n) is 3.46. The van der Waals surface area contributed by atoms with Crippen LogP contribution in [0.4, 0.5) is 0 Å². The van der Waals surface area contributed by atoms with Gasteiger partial charge in [-0.2, -0.15) is 0 Å². The zero-order chi connectivity index (χ0) is 10.8. The molecule has 3 heteroatoms. The molecule has 0 aliphatic carbocycles. The maximum absolute atomic E-state index is 9.84. The van der Waals surface area contributed by atoms with E-state index in [-0.39, 0.29) is 0 Å². The van der Waals surface area contributed by atoms with Crippen molar-refractivity contribution in [3.05, 3.63) is 41.0 Å². The van der Waals surface area contributed by atoms with Gasteiger partial charge < -0.3 is 5.11 Å². The molecule has 1 atom stereocenters. The normalized spacial score (nSPS) is 13.0. The van der Waals surface area contributed by atoms with Gasteiger partial charge in [0.1, 0.15) is 0 Å². The van der Waals surface area contributed by atoms with Crippen LogP contribution >= 0.6 is 11.6 Å². The molecule has 0 saturated carbocycles. The predicted molar refractivity (Wildman–Crippen MR) is 62.0 cm³/mol. The Morgan fingerprint density at radius 2 is 2.20 bits per heavy atom. The number of halogens is 1. The van der Waals surface area contributed by atoms with Crippen molar-refractivity contribution in [1.29, 1.82) is 0 Å². The number of rotatable bonds is 2. The molecule has 1 aromatic heterocycles. The van der Waals surface area contributed by atoms with Crippen molar-refractivity contribution in [2.24, 2.45) is 0 Å². The summed E-state index contributed by atoms with van der Waals surface area (Å²) in [5.74, 6) is 0. The highest BCUT2D eigenvalue weighted by Crippen LogP contribution is 2.29. The minimum Gasteiger partial charge on any atom is -0.388 e. The van der Waals surface area contributed by atoms with Gasteiger partial charge in [0, 0.05) is 22.2 Å². The van der Waals surface area contributed by atoms with Crippen molar-refractivity contribution in [2.45, 2.75) is 19.4 Å². The SMILES string of the molecule is CCC(O)c1ccc(Cl)c2cccnc12. The van der Waals surface area contributed by atoms with Crippen LogP contribution in [-0.4, -0.2) is 10.1 Å². The molecule has 0 radical (unpaired) electrons. The van der Waals surface area contributed by atoms with Crippen molar-refractivity contribution in [2.75, 3.05) is 0 Å². The summed E-state index contributed by atoms with van der Waals surface area (Å²) in [6.45, 7) is 1.94. The third kappa shape index (κ3) is 1.83. The summed E-state index contributed by atoms with van der Waals surface area (Å²) in [5, 5.41) is 11.4. The van der Waals surface area contributed by atoms with Gasteiger partial charge in [-0.15, -0.1) is 0 Å². The number of hydrogen-bond acceptors (Lipinski definition) is 2. The van der Waals surface area contributed by atoms with Gasteiger partial charge in [-0.05, 0) is 24.6 Å².